The van der Waals surface area contributed by atoms with Gasteiger partial charge >= 0.3 is 0 Å². The normalized spacial score (nSPS) is 25.8. The molecule has 0 radical (unpaired) electrons. The highest BCUT2D eigenvalue weighted by atomic mass is 19.2. The van der Waals surface area contributed by atoms with Gasteiger partial charge < -0.3 is 9.47 Å². The quantitative estimate of drug-likeness (QED) is 0.401. The Balaban J connectivity index is 1.32. The Morgan fingerprint density at radius 1 is 0.788 bits per heavy atom. The highest BCUT2D eigenvalue weighted by molar-refractivity contribution is 5.29. The van der Waals surface area contributed by atoms with Crippen molar-refractivity contribution in [2.24, 2.45) is 17.8 Å². The van der Waals surface area contributed by atoms with Crippen molar-refractivity contribution >= 4 is 0 Å². The first-order valence-corrected chi connectivity index (χ1v) is 12.1. The van der Waals surface area contributed by atoms with E-state index in [2.05, 4.69) is 6.92 Å². The van der Waals surface area contributed by atoms with Crippen LogP contribution in [0, 0.1) is 41.0 Å². The van der Waals surface area contributed by atoms with Crippen molar-refractivity contribution in [3.8, 4) is 0 Å². The molecule has 4 rings (SSSR count). The fraction of sp³-hybridized carbons (Fsp3) is 0.556. The van der Waals surface area contributed by atoms with Gasteiger partial charge in [0.25, 0.3) is 0 Å². The molecule has 2 aromatic rings. The lowest BCUT2D eigenvalue weighted by molar-refractivity contribution is -0.216. The topological polar surface area (TPSA) is 18.5 Å². The van der Waals surface area contributed by atoms with Gasteiger partial charge in [0.05, 0.1) is 13.2 Å². The lowest BCUT2D eigenvalue weighted by atomic mass is 9.75. The van der Waals surface area contributed by atoms with Crippen LogP contribution < -0.4 is 0 Å². The predicted molar refractivity (Wildman–Crippen MR) is 119 cm³/mol. The summed E-state index contributed by atoms with van der Waals surface area (Å²) in [6, 6.07) is 6.57. The minimum absolute atomic E-state index is 0.0641. The van der Waals surface area contributed by atoms with Gasteiger partial charge in [0.1, 0.15) is 0 Å². The van der Waals surface area contributed by atoms with Crippen LogP contribution in [0.2, 0.25) is 0 Å². The van der Waals surface area contributed by atoms with Gasteiger partial charge in [-0.1, -0.05) is 50.8 Å². The zero-order valence-electron chi connectivity index (χ0n) is 19.1. The molecule has 1 aliphatic heterocycles. The van der Waals surface area contributed by atoms with E-state index in [1.165, 1.54) is 56.7 Å². The lowest BCUT2D eigenvalue weighted by Gasteiger charge is -2.38. The first kappa shape index (κ1) is 24.2. The second-order valence-electron chi connectivity index (χ2n) is 9.52. The van der Waals surface area contributed by atoms with Crippen LogP contribution >= 0.6 is 0 Å². The van der Waals surface area contributed by atoms with Gasteiger partial charge in [0.2, 0.25) is 0 Å². The van der Waals surface area contributed by atoms with Gasteiger partial charge in [-0.15, -0.1) is 0 Å². The Morgan fingerprint density at radius 2 is 1.52 bits per heavy atom. The average molecular weight is 465 g/mol. The van der Waals surface area contributed by atoms with Crippen molar-refractivity contribution in [3.63, 3.8) is 0 Å². The van der Waals surface area contributed by atoms with Gasteiger partial charge in [-0.2, -0.15) is 0 Å². The Kier molecular flexibility index (Phi) is 8.07. The van der Waals surface area contributed by atoms with Gasteiger partial charge in [0.15, 0.2) is 29.6 Å². The predicted octanol–water partition coefficient (Wildman–Crippen LogP) is 7.30. The Hall–Kier alpha value is -1.92. The maximum absolute atomic E-state index is 14.8. The number of rotatable bonds is 7. The van der Waals surface area contributed by atoms with Gasteiger partial charge in [0, 0.05) is 11.5 Å². The summed E-state index contributed by atoms with van der Waals surface area (Å²) in [6.07, 6.45) is 6.94. The maximum atomic E-state index is 14.8. The summed E-state index contributed by atoms with van der Waals surface area (Å²) < 4.78 is 67.6. The molecule has 6 heteroatoms. The van der Waals surface area contributed by atoms with Crippen molar-refractivity contribution in [2.45, 2.75) is 64.6 Å². The molecule has 0 bridgehead atoms. The van der Waals surface area contributed by atoms with Crippen molar-refractivity contribution in [1.29, 1.82) is 0 Å². The minimum atomic E-state index is -0.971. The molecule has 0 aromatic heterocycles. The summed E-state index contributed by atoms with van der Waals surface area (Å²) in [5.41, 5.74) is 0.763. The number of hydrogen-bond acceptors (Lipinski definition) is 2. The molecule has 33 heavy (non-hydrogen) atoms. The summed E-state index contributed by atoms with van der Waals surface area (Å²) in [7, 11) is 0. The molecule has 0 spiro atoms. The zero-order valence-corrected chi connectivity index (χ0v) is 19.1. The largest absolute Gasteiger partial charge is 0.348 e. The molecule has 180 valence electrons. The molecule has 1 heterocycles. The van der Waals surface area contributed by atoms with Crippen LogP contribution in [0.15, 0.2) is 30.3 Å². The first-order chi connectivity index (χ1) is 16.0. The SMILES string of the molecule is CCCC1CCC(C2COC(c3ccc(CCc4ccc(F)c(F)c4)c(F)c3F)OC2)CC1. The molecule has 2 aliphatic rings. The smallest absolute Gasteiger partial charge is 0.186 e. The molecule has 2 aromatic carbocycles. The number of ether oxygens (including phenoxy) is 2. The number of aryl methyl sites for hydroxylation is 2. The molecule has 2 nitrogen and oxygen atoms in total. The Morgan fingerprint density at radius 3 is 2.18 bits per heavy atom. The van der Waals surface area contributed by atoms with E-state index in [1.807, 2.05) is 0 Å². The van der Waals surface area contributed by atoms with E-state index < -0.39 is 29.6 Å². The zero-order chi connectivity index (χ0) is 23.4. The van der Waals surface area contributed by atoms with Crippen molar-refractivity contribution in [3.05, 3.63) is 70.3 Å². The van der Waals surface area contributed by atoms with E-state index >= 15 is 0 Å². The summed E-state index contributed by atoms with van der Waals surface area (Å²) in [5.74, 6) is -2.10. The molecule has 0 atom stereocenters. The van der Waals surface area contributed by atoms with Gasteiger partial charge in [-0.25, -0.2) is 17.6 Å². The lowest BCUT2D eigenvalue weighted by Crippen LogP contribution is -2.34. The monoisotopic (exact) mass is 464 g/mol. The second kappa shape index (κ2) is 11.0. The molecular formula is C27H32F4O2. The third kappa shape index (κ3) is 5.78. The molecule has 1 saturated heterocycles. The van der Waals surface area contributed by atoms with E-state index in [0.29, 0.717) is 30.6 Å². The Bertz CT molecular complexity index is 932. The molecule has 0 unspecified atom stereocenters. The molecule has 1 saturated carbocycles. The summed E-state index contributed by atoms with van der Waals surface area (Å²) in [5, 5.41) is 0. The van der Waals surface area contributed by atoms with Crippen LogP contribution in [0.4, 0.5) is 17.6 Å². The molecule has 2 fully saturated rings. The van der Waals surface area contributed by atoms with E-state index in [4.69, 9.17) is 9.47 Å². The van der Waals surface area contributed by atoms with Gasteiger partial charge in [-0.05, 0) is 60.8 Å². The van der Waals surface area contributed by atoms with E-state index in [-0.39, 0.29) is 24.0 Å². The third-order valence-corrected chi connectivity index (χ3v) is 7.29. The van der Waals surface area contributed by atoms with Crippen LogP contribution in [0.25, 0.3) is 0 Å². The fourth-order valence-electron chi connectivity index (χ4n) is 5.28. The third-order valence-electron chi connectivity index (χ3n) is 7.29. The van der Waals surface area contributed by atoms with E-state index in [1.54, 1.807) is 0 Å². The second-order valence-corrected chi connectivity index (χ2v) is 9.52. The summed E-state index contributed by atoms with van der Waals surface area (Å²) >= 11 is 0. The summed E-state index contributed by atoms with van der Waals surface area (Å²) in [4.78, 5) is 0. The van der Waals surface area contributed by atoms with Crippen LogP contribution in [-0.4, -0.2) is 13.2 Å². The standard InChI is InChI=1S/C27H32F4O2/c1-2-3-17-4-8-19(9-5-17)21-15-32-27(33-16-21)22-12-11-20(25(30)26(22)31)10-6-18-7-13-23(28)24(29)14-18/h7,11-14,17,19,21,27H,2-6,8-10,15-16H2,1H3. The highest BCUT2D eigenvalue weighted by Crippen LogP contribution is 2.39. The number of benzene rings is 2. The average Bonchev–Trinajstić information content (AvgIpc) is 2.83. The van der Waals surface area contributed by atoms with Crippen LogP contribution in [0.5, 0.6) is 0 Å². The van der Waals surface area contributed by atoms with Crippen LogP contribution in [0.3, 0.4) is 0 Å². The van der Waals surface area contributed by atoms with Crippen molar-refractivity contribution in [2.75, 3.05) is 13.2 Å². The molecule has 1 aliphatic carbocycles. The fourth-order valence-corrected chi connectivity index (χ4v) is 5.28. The molecule has 0 N–H and O–H groups in total. The molecule has 0 amide bonds. The number of halogens is 4. The Labute approximate surface area is 193 Å². The van der Waals surface area contributed by atoms with Crippen LogP contribution in [0.1, 0.15) is 68.4 Å². The van der Waals surface area contributed by atoms with E-state index in [9.17, 15) is 17.6 Å². The maximum Gasteiger partial charge on any atom is 0.186 e. The van der Waals surface area contributed by atoms with Crippen LogP contribution in [-0.2, 0) is 22.3 Å². The van der Waals surface area contributed by atoms with Crippen molar-refractivity contribution in [1.82, 2.24) is 0 Å². The minimum Gasteiger partial charge on any atom is -0.348 e. The summed E-state index contributed by atoms with van der Waals surface area (Å²) in [6.45, 7) is 3.22. The van der Waals surface area contributed by atoms with Crippen molar-refractivity contribution < 1.29 is 27.0 Å². The highest BCUT2D eigenvalue weighted by Gasteiger charge is 2.33. The molecular weight excluding hydrogens is 432 g/mol. The number of hydrogen-bond donors (Lipinski definition) is 0. The van der Waals surface area contributed by atoms with E-state index in [0.717, 1.165) is 18.1 Å². The van der Waals surface area contributed by atoms with Gasteiger partial charge in [-0.3, -0.25) is 0 Å². The first-order valence-electron chi connectivity index (χ1n) is 12.1.